The van der Waals surface area contributed by atoms with Gasteiger partial charge in [-0.05, 0) is 38.1 Å². The number of anilines is 1. The number of piperazine rings is 1. The molecule has 0 aliphatic carbocycles. The highest BCUT2D eigenvalue weighted by atomic mass is 16.3. The standard InChI is InChI=1S/C18H20N6O2/c1-13-12-15(14(2)26-13)18(25)23-10-8-22(9-11-23)16-4-5-17(21-20-16)24-7-3-6-19-24/h3-7,12H,8-11H2,1-2H3. The van der Waals surface area contributed by atoms with Crippen LogP contribution in [0.2, 0.25) is 0 Å². The molecule has 4 heterocycles. The Kier molecular flexibility index (Phi) is 4.16. The Morgan fingerprint density at radius 1 is 1.08 bits per heavy atom. The zero-order valence-corrected chi connectivity index (χ0v) is 14.8. The van der Waals surface area contributed by atoms with Crippen molar-refractivity contribution >= 4 is 11.7 Å². The minimum atomic E-state index is 0.0270. The van der Waals surface area contributed by atoms with Crippen LogP contribution in [0.4, 0.5) is 5.82 Å². The molecule has 3 aromatic heterocycles. The number of nitrogens with zero attached hydrogens (tertiary/aromatic N) is 6. The van der Waals surface area contributed by atoms with E-state index in [0.717, 1.165) is 24.7 Å². The lowest BCUT2D eigenvalue weighted by Gasteiger charge is -2.35. The molecule has 0 unspecified atom stereocenters. The Morgan fingerprint density at radius 2 is 1.81 bits per heavy atom. The van der Waals surface area contributed by atoms with Crippen molar-refractivity contribution in [3.05, 3.63) is 53.7 Å². The summed E-state index contributed by atoms with van der Waals surface area (Å²) in [4.78, 5) is 16.7. The summed E-state index contributed by atoms with van der Waals surface area (Å²) in [7, 11) is 0. The summed E-state index contributed by atoms with van der Waals surface area (Å²) in [5.41, 5.74) is 0.652. The van der Waals surface area contributed by atoms with E-state index in [4.69, 9.17) is 4.42 Å². The van der Waals surface area contributed by atoms with E-state index >= 15 is 0 Å². The first-order valence-electron chi connectivity index (χ1n) is 8.57. The van der Waals surface area contributed by atoms with Crippen molar-refractivity contribution in [2.45, 2.75) is 13.8 Å². The van der Waals surface area contributed by atoms with Crippen LogP contribution in [0.3, 0.4) is 0 Å². The molecule has 1 aliphatic heterocycles. The first-order valence-corrected chi connectivity index (χ1v) is 8.57. The summed E-state index contributed by atoms with van der Waals surface area (Å²) in [5.74, 6) is 2.95. The van der Waals surface area contributed by atoms with Gasteiger partial charge in [0.05, 0.1) is 5.56 Å². The Labute approximate surface area is 151 Å². The molecule has 0 aromatic carbocycles. The van der Waals surface area contributed by atoms with Gasteiger partial charge >= 0.3 is 0 Å². The van der Waals surface area contributed by atoms with Gasteiger partial charge in [-0.2, -0.15) is 5.10 Å². The van der Waals surface area contributed by atoms with E-state index in [9.17, 15) is 4.79 Å². The quantitative estimate of drug-likeness (QED) is 0.715. The van der Waals surface area contributed by atoms with Gasteiger partial charge in [0.1, 0.15) is 11.5 Å². The average Bonchev–Trinajstić information content (AvgIpc) is 3.31. The number of carbonyl (C=O) groups is 1. The minimum absolute atomic E-state index is 0.0270. The van der Waals surface area contributed by atoms with Gasteiger partial charge in [-0.25, -0.2) is 4.68 Å². The zero-order valence-electron chi connectivity index (χ0n) is 14.8. The second kappa shape index (κ2) is 6.62. The van der Waals surface area contributed by atoms with Crippen molar-refractivity contribution in [3.63, 3.8) is 0 Å². The predicted molar refractivity (Wildman–Crippen MR) is 95.5 cm³/mol. The molecular weight excluding hydrogens is 332 g/mol. The molecule has 3 aromatic rings. The highest BCUT2D eigenvalue weighted by Gasteiger charge is 2.25. The molecule has 1 saturated heterocycles. The van der Waals surface area contributed by atoms with Gasteiger partial charge in [0, 0.05) is 38.6 Å². The maximum atomic E-state index is 12.7. The van der Waals surface area contributed by atoms with Crippen molar-refractivity contribution < 1.29 is 9.21 Å². The molecule has 0 spiro atoms. The fourth-order valence-electron chi connectivity index (χ4n) is 3.17. The van der Waals surface area contributed by atoms with E-state index in [-0.39, 0.29) is 5.91 Å². The predicted octanol–water partition coefficient (Wildman–Crippen LogP) is 1.83. The summed E-state index contributed by atoms with van der Waals surface area (Å²) in [6, 6.07) is 7.48. The van der Waals surface area contributed by atoms with Crippen LogP contribution in [0.25, 0.3) is 5.82 Å². The number of rotatable bonds is 3. The fraction of sp³-hybridized carbons (Fsp3) is 0.333. The van der Waals surface area contributed by atoms with Crippen LogP contribution in [0.1, 0.15) is 21.9 Å². The molecule has 1 amide bonds. The monoisotopic (exact) mass is 352 g/mol. The number of amides is 1. The molecule has 1 fully saturated rings. The van der Waals surface area contributed by atoms with Gasteiger partial charge in [-0.1, -0.05) is 0 Å². The molecule has 0 atom stereocenters. The molecule has 0 N–H and O–H groups in total. The number of aromatic nitrogens is 4. The maximum Gasteiger partial charge on any atom is 0.257 e. The van der Waals surface area contributed by atoms with E-state index < -0.39 is 0 Å². The largest absolute Gasteiger partial charge is 0.466 e. The molecule has 8 nitrogen and oxygen atoms in total. The Morgan fingerprint density at radius 3 is 2.38 bits per heavy atom. The van der Waals surface area contributed by atoms with Crippen molar-refractivity contribution in [1.29, 1.82) is 0 Å². The molecule has 8 heteroatoms. The number of hydrogen-bond donors (Lipinski definition) is 0. The van der Waals surface area contributed by atoms with Gasteiger partial charge in [-0.3, -0.25) is 4.79 Å². The van der Waals surface area contributed by atoms with Crippen LogP contribution in [-0.2, 0) is 0 Å². The summed E-state index contributed by atoms with van der Waals surface area (Å²) in [6.45, 7) is 6.41. The molecule has 134 valence electrons. The van der Waals surface area contributed by atoms with Gasteiger partial charge < -0.3 is 14.2 Å². The summed E-state index contributed by atoms with van der Waals surface area (Å²) < 4.78 is 7.14. The van der Waals surface area contributed by atoms with Crippen LogP contribution in [-0.4, -0.2) is 57.0 Å². The Hall–Kier alpha value is -3.16. The molecule has 1 aliphatic rings. The van der Waals surface area contributed by atoms with E-state index in [2.05, 4.69) is 20.2 Å². The topological polar surface area (TPSA) is 80.3 Å². The average molecular weight is 352 g/mol. The summed E-state index contributed by atoms with van der Waals surface area (Å²) in [6.07, 6.45) is 3.53. The molecule has 0 bridgehead atoms. The fourth-order valence-corrected chi connectivity index (χ4v) is 3.17. The lowest BCUT2D eigenvalue weighted by Crippen LogP contribution is -2.49. The molecule has 26 heavy (non-hydrogen) atoms. The van der Waals surface area contributed by atoms with Gasteiger partial charge in [0.25, 0.3) is 5.91 Å². The highest BCUT2D eigenvalue weighted by Crippen LogP contribution is 2.19. The van der Waals surface area contributed by atoms with E-state index in [1.165, 1.54) is 0 Å². The van der Waals surface area contributed by atoms with Crippen LogP contribution >= 0.6 is 0 Å². The first-order chi connectivity index (χ1) is 12.6. The van der Waals surface area contributed by atoms with Crippen molar-refractivity contribution in [1.82, 2.24) is 24.9 Å². The lowest BCUT2D eigenvalue weighted by atomic mass is 10.2. The van der Waals surface area contributed by atoms with Crippen LogP contribution in [0.5, 0.6) is 0 Å². The zero-order chi connectivity index (χ0) is 18.1. The maximum absolute atomic E-state index is 12.7. The number of furan rings is 1. The molecule has 4 rings (SSSR count). The molecule has 0 radical (unpaired) electrons. The van der Waals surface area contributed by atoms with Crippen LogP contribution in [0.15, 0.2) is 41.1 Å². The van der Waals surface area contributed by atoms with E-state index in [1.807, 2.05) is 49.2 Å². The summed E-state index contributed by atoms with van der Waals surface area (Å²) in [5, 5.41) is 12.7. The lowest BCUT2D eigenvalue weighted by molar-refractivity contribution is 0.0744. The van der Waals surface area contributed by atoms with Gasteiger partial charge in [-0.15, -0.1) is 10.2 Å². The van der Waals surface area contributed by atoms with E-state index in [1.54, 1.807) is 10.9 Å². The highest BCUT2D eigenvalue weighted by molar-refractivity contribution is 5.95. The molecule has 0 saturated carbocycles. The van der Waals surface area contributed by atoms with Crippen molar-refractivity contribution in [2.24, 2.45) is 0 Å². The second-order valence-corrected chi connectivity index (χ2v) is 6.31. The second-order valence-electron chi connectivity index (χ2n) is 6.31. The third kappa shape index (κ3) is 3.05. The minimum Gasteiger partial charge on any atom is -0.466 e. The van der Waals surface area contributed by atoms with E-state index in [0.29, 0.717) is 30.2 Å². The summed E-state index contributed by atoms with van der Waals surface area (Å²) >= 11 is 0. The third-order valence-corrected chi connectivity index (χ3v) is 4.54. The smallest absolute Gasteiger partial charge is 0.257 e. The first kappa shape index (κ1) is 16.3. The number of carbonyl (C=O) groups excluding carboxylic acids is 1. The number of aryl methyl sites for hydroxylation is 2. The normalized spacial score (nSPS) is 14.7. The molecular formula is C18H20N6O2. The van der Waals surface area contributed by atoms with Crippen molar-refractivity contribution in [3.8, 4) is 5.82 Å². The number of hydrogen-bond acceptors (Lipinski definition) is 6. The Bertz CT molecular complexity index is 892. The van der Waals surface area contributed by atoms with Crippen molar-refractivity contribution in [2.75, 3.05) is 31.1 Å². The third-order valence-electron chi connectivity index (χ3n) is 4.54. The van der Waals surface area contributed by atoms with Crippen LogP contribution < -0.4 is 4.90 Å². The van der Waals surface area contributed by atoms with Crippen LogP contribution in [0, 0.1) is 13.8 Å². The SMILES string of the molecule is Cc1cc(C(=O)N2CCN(c3ccc(-n4cccn4)nn3)CC2)c(C)o1. The van der Waals surface area contributed by atoms with Gasteiger partial charge in [0.2, 0.25) is 0 Å². The van der Waals surface area contributed by atoms with Gasteiger partial charge in [0.15, 0.2) is 11.6 Å². The Balaban J connectivity index is 1.40.